The summed E-state index contributed by atoms with van der Waals surface area (Å²) in [4.78, 5) is 0. The summed E-state index contributed by atoms with van der Waals surface area (Å²) in [5, 5.41) is 3.71. The summed E-state index contributed by atoms with van der Waals surface area (Å²) in [7, 11) is 1.72. The van der Waals surface area contributed by atoms with Crippen molar-refractivity contribution in [3.8, 4) is 0 Å². The first-order chi connectivity index (χ1) is 6.83. The molecule has 0 radical (unpaired) electrons. The Labute approximate surface area is 89.4 Å². The molecule has 0 saturated carbocycles. The number of hydrogen-bond donors (Lipinski definition) is 1. The molecular formula is C10H16ClNO2. The van der Waals surface area contributed by atoms with Gasteiger partial charge in [-0.05, 0) is 43.1 Å². The van der Waals surface area contributed by atoms with Gasteiger partial charge in [-0.1, -0.05) is 0 Å². The van der Waals surface area contributed by atoms with E-state index in [4.69, 9.17) is 20.8 Å². The molecule has 1 aromatic heterocycles. The van der Waals surface area contributed by atoms with E-state index in [2.05, 4.69) is 5.32 Å². The highest BCUT2D eigenvalue weighted by atomic mass is 35.5. The van der Waals surface area contributed by atoms with Crippen LogP contribution < -0.4 is 5.32 Å². The average molecular weight is 218 g/mol. The largest absolute Gasteiger partial charge is 0.448 e. The second-order valence-corrected chi connectivity index (χ2v) is 3.46. The molecule has 1 aromatic rings. The zero-order valence-corrected chi connectivity index (χ0v) is 9.14. The third-order valence-electron chi connectivity index (χ3n) is 1.88. The van der Waals surface area contributed by atoms with Gasteiger partial charge in [0, 0.05) is 13.7 Å². The topological polar surface area (TPSA) is 34.4 Å². The molecule has 0 fully saturated rings. The molecule has 0 saturated heterocycles. The second-order valence-electron chi connectivity index (χ2n) is 3.08. The summed E-state index contributed by atoms with van der Waals surface area (Å²) in [5.74, 6) is 0.877. The van der Waals surface area contributed by atoms with E-state index in [0.29, 0.717) is 5.22 Å². The van der Waals surface area contributed by atoms with Crippen molar-refractivity contribution in [3.63, 3.8) is 0 Å². The van der Waals surface area contributed by atoms with E-state index in [0.717, 1.165) is 38.3 Å². The lowest BCUT2D eigenvalue weighted by Crippen LogP contribution is -2.14. The number of nitrogens with one attached hydrogen (secondary N) is 1. The summed E-state index contributed by atoms with van der Waals surface area (Å²) in [6.45, 7) is 2.54. The van der Waals surface area contributed by atoms with Crippen molar-refractivity contribution in [2.75, 3.05) is 20.3 Å². The third-order valence-corrected chi connectivity index (χ3v) is 2.08. The van der Waals surface area contributed by atoms with Crippen molar-refractivity contribution in [2.24, 2.45) is 0 Å². The smallest absolute Gasteiger partial charge is 0.193 e. The highest BCUT2D eigenvalue weighted by Gasteiger charge is 1.97. The summed E-state index contributed by atoms with van der Waals surface area (Å²) in [6.07, 6.45) is 2.20. The van der Waals surface area contributed by atoms with E-state index in [1.807, 2.05) is 6.07 Å². The maximum absolute atomic E-state index is 5.63. The van der Waals surface area contributed by atoms with Crippen molar-refractivity contribution in [3.05, 3.63) is 23.1 Å². The molecule has 3 nitrogen and oxygen atoms in total. The van der Waals surface area contributed by atoms with Crippen LogP contribution in [0.3, 0.4) is 0 Å². The maximum atomic E-state index is 5.63. The second kappa shape index (κ2) is 6.87. The molecule has 4 heteroatoms. The van der Waals surface area contributed by atoms with Gasteiger partial charge in [0.05, 0.1) is 6.54 Å². The Morgan fingerprint density at radius 3 is 2.93 bits per heavy atom. The van der Waals surface area contributed by atoms with Gasteiger partial charge in [0.2, 0.25) is 0 Å². The number of ether oxygens (including phenoxy) is 1. The van der Waals surface area contributed by atoms with E-state index in [9.17, 15) is 0 Å². The molecule has 0 bridgehead atoms. The predicted molar refractivity (Wildman–Crippen MR) is 56.5 cm³/mol. The van der Waals surface area contributed by atoms with Crippen LogP contribution in [-0.2, 0) is 11.3 Å². The molecule has 0 aliphatic carbocycles. The highest BCUT2D eigenvalue weighted by molar-refractivity contribution is 6.28. The number of furan rings is 1. The Morgan fingerprint density at radius 2 is 2.29 bits per heavy atom. The summed E-state index contributed by atoms with van der Waals surface area (Å²) in [6, 6.07) is 3.63. The zero-order valence-electron chi connectivity index (χ0n) is 8.38. The first-order valence-corrected chi connectivity index (χ1v) is 5.14. The molecule has 0 atom stereocenters. The Hall–Kier alpha value is -0.510. The lowest BCUT2D eigenvalue weighted by atomic mass is 10.3. The van der Waals surface area contributed by atoms with Gasteiger partial charge >= 0.3 is 0 Å². The fourth-order valence-corrected chi connectivity index (χ4v) is 1.32. The number of unbranched alkanes of at least 4 members (excludes halogenated alkanes) is 1. The van der Waals surface area contributed by atoms with Crippen LogP contribution in [0.15, 0.2) is 16.5 Å². The van der Waals surface area contributed by atoms with Gasteiger partial charge in [0.15, 0.2) is 5.22 Å². The van der Waals surface area contributed by atoms with Crippen LogP contribution in [0.4, 0.5) is 0 Å². The van der Waals surface area contributed by atoms with Gasteiger partial charge < -0.3 is 14.5 Å². The van der Waals surface area contributed by atoms with Crippen LogP contribution in [0.2, 0.25) is 5.22 Å². The average Bonchev–Trinajstić information content (AvgIpc) is 2.58. The third kappa shape index (κ3) is 4.65. The van der Waals surface area contributed by atoms with Gasteiger partial charge in [-0.3, -0.25) is 0 Å². The van der Waals surface area contributed by atoms with Crippen LogP contribution in [0.25, 0.3) is 0 Å². The molecule has 0 amide bonds. The monoisotopic (exact) mass is 217 g/mol. The Kier molecular flexibility index (Phi) is 5.68. The first kappa shape index (κ1) is 11.6. The minimum Gasteiger partial charge on any atom is -0.448 e. The molecule has 1 N–H and O–H groups in total. The zero-order chi connectivity index (χ0) is 10.2. The molecule has 1 rings (SSSR count). The van der Waals surface area contributed by atoms with Gasteiger partial charge in [-0.25, -0.2) is 0 Å². The lowest BCUT2D eigenvalue weighted by Gasteiger charge is -2.01. The number of hydrogen-bond acceptors (Lipinski definition) is 3. The molecule has 14 heavy (non-hydrogen) atoms. The first-order valence-electron chi connectivity index (χ1n) is 4.77. The van der Waals surface area contributed by atoms with E-state index in [1.54, 1.807) is 13.2 Å². The van der Waals surface area contributed by atoms with Crippen molar-refractivity contribution < 1.29 is 9.15 Å². The Morgan fingerprint density at radius 1 is 1.43 bits per heavy atom. The minimum atomic E-state index is 0.446. The number of rotatable bonds is 7. The molecule has 0 aromatic carbocycles. The van der Waals surface area contributed by atoms with Crippen molar-refractivity contribution >= 4 is 11.6 Å². The van der Waals surface area contributed by atoms with Crippen LogP contribution >= 0.6 is 11.6 Å². The van der Waals surface area contributed by atoms with Crippen molar-refractivity contribution in [1.82, 2.24) is 5.32 Å². The number of halogens is 1. The van der Waals surface area contributed by atoms with Gasteiger partial charge in [-0.2, -0.15) is 0 Å². The van der Waals surface area contributed by atoms with E-state index < -0.39 is 0 Å². The van der Waals surface area contributed by atoms with Gasteiger partial charge in [0.25, 0.3) is 0 Å². The standard InChI is InChI=1S/C10H16ClNO2/c1-13-7-3-2-6-12-8-9-4-5-10(11)14-9/h4-5,12H,2-3,6-8H2,1H3. The van der Waals surface area contributed by atoms with Crippen molar-refractivity contribution in [2.45, 2.75) is 19.4 Å². The van der Waals surface area contributed by atoms with Crippen molar-refractivity contribution in [1.29, 1.82) is 0 Å². The summed E-state index contributed by atoms with van der Waals surface area (Å²) in [5.41, 5.74) is 0. The van der Waals surface area contributed by atoms with Crippen LogP contribution in [0.5, 0.6) is 0 Å². The van der Waals surface area contributed by atoms with E-state index >= 15 is 0 Å². The number of methoxy groups -OCH3 is 1. The SMILES string of the molecule is COCCCCNCc1ccc(Cl)o1. The summed E-state index contributed by atoms with van der Waals surface area (Å²) < 4.78 is 10.1. The predicted octanol–water partition coefficient (Wildman–Crippen LogP) is 2.45. The van der Waals surface area contributed by atoms with Crippen LogP contribution in [-0.4, -0.2) is 20.3 Å². The molecule has 0 spiro atoms. The van der Waals surface area contributed by atoms with Crippen LogP contribution in [0.1, 0.15) is 18.6 Å². The Bertz CT molecular complexity index is 250. The molecule has 0 unspecified atom stereocenters. The fourth-order valence-electron chi connectivity index (χ4n) is 1.15. The highest BCUT2D eigenvalue weighted by Crippen LogP contribution is 2.12. The maximum Gasteiger partial charge on any atom is 0.193 e. The Balaban J connectivity index is 1.99. The normalized spacial score (nSPS) is 10.7. The van der Waals surface area contributed by atoms with E-state index in [1.165, 1.54) is 0 Å². The molecule has 80 valence electrons. The van der Waals surface area contributed by atoms with Gasteiger partial charge in [0.1, 0.15) is 5.76 Å². The molecular weight excluding hydrogens is 202 g/mol. The molecule has 0 aliphatic rings. The lowest BCUT2D eigenvalue weighted by molar-refractivity contribution is 0.192. The molecule has 1 heterocycles. The fraction of sp³-hybridized carbons (Fsp3) is 0.600. The summed E-state index contributed by atoms with van der Waals surface area (Å²) >= 11 is 5.63. The van der Waals surface area contributed by atoms with Crippen LogP contribution in [0, 0.1) is 0 Å². The minimum absolute atomic E-state index is 0.446. The van der Waals surface area contributed by atoms with Gasteiger partial charge in [-0.15, -0.1) is 0 Å². The quantitative estimate of drug-likeness (QED) is 0.713. The molecule has 0 aliphatic heterocycles. The van der Waals surface area contributed by atoms with E-state index in [-0.39, 0.29) is 0 Å².